The third kappa shape index (κ3) is 3.44. The lowest BCUT2D eigenvalue weighted by atomic mass is 9.73. The van der Waals surface area contributed by atoms with Crippen molar-refractivity contribution >= 4 is 23.5 Å². The minimum absolute atomic E-state index is 0.181. The van der Waals surface area contributed by atoms with Gasteiger partial charge in [0.25, 0.3) is 0 Å². The molecule has 1 fully saturated rings. The van der Waals surface area contributed by atoms with Crippen LogP contribution in [0.2, 0.25) is 5.02 Å². The predicted molar refractivity (Wildman–Crippen MR) is 92.6 cm³/mol. The van der Waals surface area contributed by atoms with Gasteiger partial charge in [-0.15, -0.1) is 0 Å². The highest BCUT2D eigenvalue weighted by molar-refractivity contribution is 6.30. The van der Waals surface area contributed by atoms with E-state index in [4.69, 9.17) is 16.7 Å². The molecular formula is C19H18ClNO3. The summed E-state index contributed by atoms with van der Waals surface area (Å²) in [6.45, 7) is 0.375. The molecule has 2 unspecified atom stereocenters. The number of halogens is 1. The van der Waals surface area contributed by atoms with Crippen molar-refractivity contribution in [1.29, 1.82) is 0 Å². The van der Waals surface area contributed by atoms with Crippen LogP contribution in [0.15, 0.2) is 48.5 Å². The lowest BCUT2D eigenvalue weighted by Gasteiger charge is -2.32. The fourth-order valence-electron chi connectivity index (χ4n) is 3.01. The number of aliphatic carboxylic acids is 1. The molecule has 1 amide bonds. The van der Waals surface area contributed by atoms with Gasteiger partial charge in [-0.3, -0.25) is 9.59 Å². The van der Waals surface area contributed by atoms with Crippen molar-refractivity contribution in [3.8, 4) is 11.1 Å². The normalized spacial score (nSPS) is 19.4. The van der Waals surface area contributed by atoms with E-state index in [9.17, 15) is 9.59 Å². The van der Waals surface area contributed by atoms with Crippen LogP contribution in [-0.4, -0.2) is 17.0 Å². The van der Waals surface area contributed by atoms with Gasteiger partial charge in [-0.1, -0.05) is 48.0 Å². The molecule has 0 bridgehead atoms. The highest BCUT2D eigenvalue weighted by Gasteiger charge is 2.41. The summed E-state index contributed by atoms with van der Waals surface area (Å²) in [6, 6.07) is 15.4. The van der Waals surface area contributed by atoms with Crippen LogP contribution in [0, 0.1) is 11.8 Å². The van der Waals surface area contributed by atoms with E-state index in [1.807, 2.05) is 48.5 Å². The summed E-state index contributed by atoms with van der Waals surface area (Å²) in [5.74, 6) is -2.02. The molecule has 3 rings (SSSR count). The van der Waals surface area contributed by atoms with Crippen molar-refractivity contribution in [3.63, 3.8) is 0 Å². The number of carbonyl (C=O) groups is 2. The maximum Gasteiger partial charge on any atom is 0.307 e. The van der Waals surface area contributed by atoms with Crippen LogP contribution in [0.3, 0.4) is 0 Å². The third-order valence-corrected chi connectivity index (χ3v) is 4.81. The Morgan fingerprint density at radius 1 is 1.04 bits per heavy atom. The standard InChI is InChI=1S/C19H18ClNO3/c20-14-7-5-12(6-8-14)15-4-2-1-3-13(15)11-21-18(22)16-9-10-17(16)19(23)24/h1-8,16-17H,9-11H2,(H,21,22)(H,23,24). The number of carbonyl (C=O) groups excluding carboxylic acids is 1. The number of carboxylic acids is 1. The van der Waals surface area contributed by atoms with Crippen LogP contribution in [0.1, 0.15) is 18.4 Å². The van der Waals surface area contributed by atoms with Gasteiger partial charge in [0.05, 0.1) is 11.8 Å². The molecule has 2 aromatic rings. The van der Waals surface area contributed by atoms with Gasteiger partial charge >= 0.3 is 5.97 Å². The van der Waals surface area contributed by atoms with E-state index in [0.29, 0.717) is 24.4 Å². The number of rotatable bonds is 5. The topological polar surface area (TPSA) is 66.4 Å². The van der Waals surface area contributed by atoms with Crippen LogP contribution in [0.4, 0.5) is 0 Å². The van der Waals surface area contributed by atoms with Gasteiger partial charge in [-0.25, -0.2) is 0 Å². The molecule has 1 saturated carbocycles. The smallest absolute Gasteiger partial charge is 0.307 e. The zero-order valence-electron chi connectivity index (χ0n) is 13.0. The summed E-state index contributed by atoms with van der Waals surface area (Å²) in [5.41, 5.74) is 3.04. The van der Waals surface area contributed by atoms with E-state index in [-0.39, 0.29) is 5.91 Å². The van der Waals surface area contributed by atoms with E-state index < -0.39 is 17.8 Å². The number of hydrogen-bond donors (Lipinski definition) is 2. The predicted octanol–water partition coefficient (Wildman–Crippen LogP) is 3.73. The SMILES string of the molecule is O=C(O)C1CCC1C(=O)NCc1ccccc1-c1ccc(Cl)cc1. The molecule has 124 valence electrons. The molecule has 0 aromatic heterocycles. The molecular weight excluding hydrogens is 326 g/mol. The van der Waals surface area contributed by atoms with Gasteiger partial charge in [-0.2, -0.15) is 0 Å². The summed E-state index contributed by atoms with van der Waals surface area (Å²) < 4.78 is 0. The minimum atomic E-state index is -0.886. The average Bonchev–Trinajstić information content (AvgIpc) is 2.52. The van der Waals surface area contributed by atoms with Crippen molar-refractivity contribution in [1.82, 2.24) is 5.32 Å². The fraction of sp³-hybridized carbons (Fsp3) is 0.263. The Labute approximate surface area is 145 Å². The van der Waals surface area contributed by atoms with Crippen molar-refractivity contribution in [2.75, 3.05) is 0 Å². The molecule has 0 heterocycles. The van der Waals surface area contributed by atoms with Gasteiger partial charge in [0.1, 0.15) is 0 Å². The zero-order chi connectivity index (χ0) is 17.1. The van der Waals surface area contributed by atoms with E-state index >= 15 is 0 Å². The number of carboxylic acid groups (broad SMARTS) is 1. The number of hydrogen-bond acceptors (Lipinski definition) is 2. The number of benzene rings is 2. The first-order valence-corrected chi connectivity index (χ1v) is 8.28. The second kappa shape index (κ2) is 7.05. The Morgan fingerprint density at radius 2 is 1.71 bits per heavy atom. The average molecular weight is 344 g/mol. The first kappa shape index (κ1) is 16.5. The summed E-state index contributed by atoms with van der Waals surface area (Å²) >= 11 is 5.93. The highest BCUT2D eigenvalue weighted by atomic mass is 35.5. The molecule has 0 saturated heterocycles. The van der Waals surface area contributed by atoms with E-state index in [1.165, 1.54) is 0 Å². The molecule has 2 atom stereocenters. The second-order valence-electron chi connectivity index (χ2n) is 6.01. The highest BCUT2D eigenvalue weighted by Crippen LogP contribution is 2.34. The molecule has 24 heavy (non-hydrogen) atoms. The summed E-state index contributed by atoms with van der Waals surface area (Å²) in [6.07, 6.45) is 1.22. The maximum atomic E-state index is 12.2. The van der Waals surface area contributed by atoms with Crippen LogP contribution >= 0.6 is 11.6 Å². The first-order valence-electron chi connectivity index (χ1n) is 7.90. The lowest BCUT2D eigenvalue weighted by Crippen LogP contribution is -2.43. The third-order valence-electron chi connectivity index (χ3n) is 4.55. The largest absolute Gasteiger partial charge is 0.481 e. The van der Waals surface area contributed by atoms with Crippen LogP contribution < -0.4 is 5.32 Å². The Balaban J connectivity index is 1.71. The molecule has 0 spiro atoms. The van der Waals surface area contributed by atoms with E-state index in [1.54, 1.807) is 0 Å². The molecule has 5 heteroatoms. The lowest BCUT2D eigenvalue weighted by molar-refractivity contribution is -0.152. The fourth-order valence-corrected chi connectivity index (χ4v) is 3.13. The summed E-state index contributed by atoms with van der Waals surface area (Å²) in [5, 5.41) is 12.6. The second-order valence-corrected chi connectivity index (χ2v) is 6.45. The van der Waals surface area contributed by atoms with Gasteiger partial charge in [0.15, 0.2) is 0 Å². The molecule has 4 nitrogen and oxygen atoms in total. The van der Waals surface area contributed by atoms with Crippen LogP contribution in [0.25, 0.3) is 11.1 Å². The molecule has 0 aliphatic heterocycles. The van der Waals surface area contributed by atoms with Crippen LogP contribution in [-0.2, 0) is 16.1 Å². The zero-order valence-corrected chi connectivity index (χ0v) is 13.8. The number of nitrogens with one attached hydrogen (secondary N) is 1. The van der Waals surface area contributed by atoms with Gasteiger partial charge < -0.3 is 10.4 Å². The monoisotopic (exact) mass is 343 g/mol. The maximum absolute atomic E-state index is 12.2. The van der Waals surface area contributed by atoms with Crippen LogP contribution in [0.5, 0.6) is 0 Å². The Morgan fingerprint density at radius 3 is 2.33 bits per heavy atom. The molecule has 1 aliphatic carbocycles. The Hall–Kier alpha value is -2.33. The van der Waals surface area contributed by atoms with Gasteiger partial charge in [-0.05, 0) is 41.7 Å². The Bertz CT molecular complexity index is 757. The van der Waals surface area contributed by atoms with E-state index in [0.717, 1.165) is 16.7 Å². The van der Waals surface area contributed by atoms with Crippen molar-refractivity contribution in [2.45, 2.75) is 19.4 Å². The first-order chi connectivity index (χ1) is 11.6. The van der Waals surface area contributed by atoms with E-state index in [2.05, 4.69) is 5.32 Å². The minimum Gasteiger partial charge on any atom is -0.481 e. The molecule has 2 N–H and O–H groups in total. The molecule has 0 radical (unpaired) electrons. The Kier molecular flexibility index (Phi) is 4.86. The molecule has 2 aromatic carbocycles. The van der Waals surface area contributed by atoms with Gasteiger partial charge in [0, 0.05) is 11.6 Å². The molecule has 1 aliphatic rings. The quantitative estimate of drug-likeness (QED) is 0.869. The van der Waals surface area contributed by atoms with Crippen molar-refractivity contribution < 1.29 is 14.7 Å². The van der Waals surface area contributed by atoms with Crippen molar-refractivity contribution in [2.24, 2.45) is 11.8 Å². The van der Waals surface area contributed by atoms with Gasteiger partial charge in [0.2, 0.25) is 5.91 Å². The number of amides is 1. The van der Waals surface area contributed by atoms with Crippen molar-refractivity contribution in [3.05, 3.63) is 59.1 Å². The summed E-state index contributed by atoms with van der Waals surface area (Å²) in [4.78, 5) is 23.3. The summed E-state index contributed by atoms with van der Waals surface area (Å²) in [7, 11) is 0.